The van der Waals surface area contributed by atoms with Crippen molar-refractivity contribution < 1.29 is 9.53 Å². The molecule has 5 heteroatoms. The van der Waals surface area contributed by atoms with Gasteiger partial charge < -0.3 is 15.0 Å². The van der Waals surface area contributed by atoms with Gasteiger partial charge in [0, 0.05) is 30.7 Å². The van der Waals surface area contributed by atoms with Gasteiger partial charge in [-0.25, -0.2) is 4.79 Å². The second-order valence-electron chi connectivity index (χ2n) is 6.09. The molecule has 1 saturated heterocycles. The van der Waals surface area contributed by atoms with Crippen LogP contribution >= 0.6 is 11.6 Å². The minimum Gasteiger partial charge on any atom is -0.444 e. The second kappa shape index (κ2) is 6.02. The first kappa shape index (κ1) is 15.1. The Kier molecular flexibility index (Phi) is 4.55. The summed E-state index contributed by atoms with van der Waals surface area (Å²) in [6.07, 6.45) is -0.238. The smallest absolute Gasteiger partial charge is 0.410 e. The van der Waals surface area contributed by atoms with Gasteiger partial charge in [-0.1, -0.05) is 23.7 Å². The highest BCUT2D eigenvalue weighted by Gasteiger charge is 2.33. The lowest BCUT2D eigenvalue weighted by molar-refractivity contribution is 0.00519. The van der Waals surface area contributed by atoms with Crippen molar-refractivity contribution in [3.63, 3.8) is 0 Å². The van der Waals surface area contributed by atoms with Crippen LogP contribution in [0.15, 0.2) is 24.3 Å². The van der Waals surface area contributed by atoms with Gasteiger partial charge in [-0.2, -0.15) is 0 Å². The Morgan fingerprint density at radius 2 is 2.15 bits per heavy atom. The lowest BCUT2D eigenvalue weighted by Crippen LogP contribution is -2.60. The second-order valence-corrected chi connectivity index (χ2v) is 6.53. The Hall–Kier alpha value is -1.26. The molecule has 0 aromatic heterocycles. The van der Waals surface area contributed by atoms with Gasteiger partial charge >= 0.3 is 6.09 Å². The number of likely N-dealkylation sites (tertiary alicyclic amines) is 1. The molecule has 0 atom stereocenters. The summed E-state index contributed by atoms with van der Waals surface area (Å²) in [7, 11) is 0. The number of nitrogens with one attached hydrogen (secondary N) is 1. The van der Waals surface area contributed by atoms with E-state index in [1.807, 2.05) is 45.0 Å². The summed E-state index contributed by atoms with van der Waals surface area (Å²) in [6.45, 7) is 7.76. The van der Waals surface area contributed by atoms with Crippen molar-refractivity contribution in [3.05, 3.63) is 34.9 Å². The molecule has 0 saturated carbocycles. The first-order valence-corrected chi connectivity index (χ1v) is 7.17. The Balaban J connectivity index is 1.71. The van der Waals surface area contributed by atoms with Crippen LogP contribution in [0.25, 0.3) is 0 Å². The summed E-state index contributed by atoms with van der Waals surface area (Å²) in [4.78, 5) is 13.5. The van der Waals surface area contributed by atoms with E-state index in [4.69, 9.17) is 16.3 Å². The fraction of sp³-hybridized carbons (Fsp3) is 0.533. The number of benzene rings is 1. The van der Waals surface area contributed by atoms with E-state index in [2.05, 4.69) is 5.32 Å². The average molecular weight is 297 g/mol. The molecular formula is C15H21ClN2O2. The molecular weight excluding hydrogens is 276 g/mol. The SMILES string of the molecule is CC(C)(C)OC(=O)N1CC(NCc2cccc(Cl)c2)C1. The van der Waals surface area contributed by atoms with E-state index in [1.54, 1.807) is 4.90 Å². The third kappa shape index (κ3) is 4.39. The van der Waals surface area contributed by atoms with Crippen LogP contribution in [0.3, 0.4) is 0 Å². The van der Waals surface area contributed by atoms with Crippen LogP contribution in [0.2, 0.25) is 5.02 Å². The third-order valence-electron chi connectivity index (χ3n) is 3.02. The topological polar surface area (TPSA) is 41.6 Å². The maximum Gasteiger partial charge on any atom is 0.410 e. The molecule has 1 aromatic rings. The highest BCUT2D eigenvalue weighted by molar-refractivity contribution is 6.30. The molecule has 1 amide bonds. The van der Waals surface area contributed by atoms with E-state index in [1.165, 1.54) is 0 Å². The number of rotatable bonds is 3. The van der Waals surface area contributed by atoms with Crippen LogP contribution in [-0.4, -0.2) is 35.7 Å². The van der Waals surface area contributed by atoms with Crippen LogP contribution in [0.4, 0.5) is 4.79 Å². The van der Waals surface area contributed by atoms with E-state index in [0.29, 0.717) is 19.1 Å². The van der Waals surface area contributed by atoms with E-state index in [0.717, 1.165) is 17.1 Å². The standard InChI is InChI=1S/C15H21ClN2O2/c1-15(2,3)20-14(19)18-9-13(10-18)17-8-11-5-4-6-12(16)7-11/h4-7,13,17H,8-10H2,1-3H3. The van der Waals surface area contributed by atoms with Gasteiger partial charge in [0.25, 0.3) is 0 Å². The minimum atomic E-state index is -0.434. The number of amides is 1. The minimum absolute atomic E-state index is 0.238. The molecule has 0 spiro atoms. The number of halogens is 1. The summed E-state index contributed by atoms with van der Waals surface area (Å²) in [5.74, 6) is 0. The van der Waals surface area contributed by atoms with Crippen LogP contribution in [0, 0.1) is 0 Å². The molecule has 1 N–H and O–H groups in total. The van der Waals surface area contributed by atoms with Crippen LogP contribution < -0.4 is 5.32 Å². The fourth-order valence-corrected chi connectivity index (χ4v) is 2.21. The number of carbonyl (C=O) groups is 1. The fourth-order valence-electron chi connectivity index (χ4n) is 1.99. The maximum absolute atomic E-state index is 11.8. The number of nitrogens with zero attached hydrogens (tertiary/aromatic N) is 1. The average Bonchev–Trinajstić information content (AvgIpc) is 2.24. The zero-order chi connectivity index (χ0) is 14.8. The first-order valence-electron chi connectivity index (χ1n) is 6.79. The van der Waals surface area contributed by atoms with Crippen molar-refractivity contribution in [1.82, 2.24) is 10.2 Å². The molecule has 1 aliphatic rings. The molecule has 1 fully saturated rings. The number of carbonyl (C=O) groups excluding carboxylic acids is 1. The van der Waals surface area contributed by atoms with Gasteiger partial charge in [0.2, 0.25) is 0 Å². The van der Waals surface area contributed by atoms with Crippen molar-refractivity contribution >= 4 is 17.7 Å². The lowest BCUT2D eigenvalue weighted by atomic mass is 10.1. The number of ether oxygens (including phenoxy) is 1. The highest BCUT2D eigenvalue weighted by Crippen LogP contribution is 2.16. The summed E-state index contributed by atoms with van der Waals surface area (Å²) < 4.78 is 5.31. The normalized spacial score (nSPS) is 15.9. The zero-order valence-corrected chi connectivity index (χ0v) is 12.9. The molecule has 1 heterocycles. The van der Waals surface area contributed by atoms with Crippen molar-refractivity contribution in [2.45, 2.75) is 39.0 Å². The predicted molar refractivity (Wildman–Crippen MR) is 79.9 cm³/mol. The van der Waals surface area contributed by atoms with E-state index in [-0.39, 0.29) is 6.09 Å². The van der Waals surface area contributed by atoms with Crippen LogP contribution in [0.1, 0.15) is 26.3 Å². The lowest BCUT2D eigenvalue weighted by Gasteiger charge is -2.40. The maximum atomic E-state index is 11.8. The molecule has 110 valence electrons. The molecule has 20 heavy (non-hydrogen) atoms. The highest BCUT2D eigenvalue weighted by atomic mass is 35.5. The summed E-state index contributed by atoms with van der Waals surface area (Å²) >= 11 is 5.94. The molecule has 0 unspecified atom stereocenters. The molecule has 0 bridgehead atoms. The third-order valence-corrected chi connectivity index (χ3v) is 3.25. The van der Waals surface area contributed by atoms with Crippen LogP contribution in [-0.2, 0) is 11.3 Å². The van der Waals surface area contributed by atoms with Crippen LogP contribution in [0.5, 0.6) is 0 Å². The molecule has 1 aromatic carbocycles. The van der Waals surface area contributed by atoms with E-state index in [9.17, 15) is 4.79 Å². The number of hydrogen-bond donors (Lipinski definition) is 1. The Morgan fingerprint density at radius 3 is 2.75 bits per heavy atom. The van der Waals surface area contributed by atoms with E-state index >= 15 is 0 Å². The molecule has 0 aliphatic carbocycles. The molecule has 2 rings (SSSR count). The monoisotopic (exact) mass is 296 g/mol. The summed E-state index contributed by atoms with van der Waals surface area (Å²) in [6, 6.07) is 8.09. The largest absolute Gasteiger partial charge is 0.444 e. The molecule has 4 nitrogen and oxygen atoms in total. The Morgan fingerprint density at radius 1 is 1.45 bits per heavy atom. The van der Waals surface area contributed by atoms with Gasteiger partial charge in [0.1, 0.15) is 5.60 Å². The van der Waals surface area contributed by atoms with Gasteiger partial charge in [-0.3, -0.25) is 0 Å². The zero-order valence-electron chi connectivity index (χ0n) is 12.1. The van der Waals surface area contributed by atoms with Crippen molar-refractivity contribution in [2.24, 2.45) is 0 Å². The van der Waals surface area contributed by atoms with Crippen molar-refractivity contribution in [2.75, 3.05) is 13.1 Å². The van der Waals surface area contributed by atoms with Crippen molar-refractivity contribution in [3.8, 4) is 0 Å². The van der Waals surface area contributed by atoms with Gasteiger partial charge in [-0.05, 0) is 38.5 Å². The van der Waals surface area contributed by atoms with Gasteiger partial charge in [0.05, 0.1) is 0 Å². The summed E-state index contributed by atoms with van der Waals surface area (Å²) in [5.41, 5.74) is 0.712. The quantitative estimate of drug-likeness (QED) is 0.932. The van der Waals surface area contributed by atoms with Crippen molar-refractivity contribution in [1.29, 1.82) is 0 Å². The van der Waals surface area contributed by atoms with Gasteiger partial charge in [0.15, 0.2) is 0 Å². The van der Waals surface area contributed by atoms with Gasteiger partial charge in [-0.15, -0.1) is 0 Å². The summed E-state index contributed by atoms with van der Waals surface area (Å²) in [5, 5.41) is 4.15. The number of hydrogen-bond acceptors (Lipinski definition) is 3. The Labute approximate surface area is 125 Å². The predicted octanol–water partition coefficient (Wildman–Crippen LogP) is 3.05. The first-order chi connectivity index (χ1) is 9.33. The van der Waals surface area contributed by atoms with E-state index < -0.39 is 5.60 Å². The molecule has 0 radical (unpaired) electrons. The Bertz CT molecular complexity index is 479. The molecule has 1 aliphatic heterocycles.